The van der Waals surface area contributed by atoms with Crippen LogP contribution in [0.2, 0.25) is 5.02 Å². The van der Waals surface area contributed by atoms with E-state index in [0.29, 0.717) is 33.4 Å². The summed E-state index contributed by atoms with van der Waals surface area (Å²) in [6, 6.07) is 19.2. The van der Waals surface area contributed by atoms with Gasteiger partial charge in [0, 0.05) is 45.4 Å². The summed E-state index contributed by atoms with van der Waals surface area (Å²) in [6.45, 7) is 17.3. The van der Waals surface area contributed by atoms with Crippen LogP contribution in [0.4, 0.5) is 0 Å². The lowest BCUT2D eigenvalue weighted by Gasteiger charge is -2.35. The van der Waals surface area contributed by atoms with E-state index in [2.05, 4.69) is 45.0 Å². The molecule has 0 saturated carbocycles. The second-order valence-corrected chi connectivity index (χ2v) is 22.4. The zero-order chi connectivity index (χ0) is 52.0. The number of rotatable bonds is 14. The highest BCUT2D eigenvalue weighted by atomic mass is 35.5. The van der Waals surface area contributed by atoms with E-state index in [1.165, 1.54) is 4.90 Å². The maximum Gasteiger partial charge on any atom is 0.287 e. The van der Waals surface area contributed by atoms with Gasteiger partial charge in [0.25, 0.3) is 5.91 Å². The summed E-state index contributed by atoms with van der Waals surface area (Å²) in [5.74, 6) is -0.0566. The van der Waals surface area contributed by atoms with Crippen molar-refractivity contribution in [2.24, 2.45) is 10.4 Å². The molecular formula is C54H58ClN9O7S2. The summed E-state index contributed by atoms with van der Waals surface area (Å²) in [6.07, 6.45) is -1.32. The maximum absolute atomic E-state index is 14.4. The lowest BCUT2D eigenvalue weighted by atomic mass is 9.85. The van der Waals surface area contributed by atoms with Crippen LogP contribution in [0.15, 0.2) is 87.7 Å². The van der Waals surface area contributed by atoms with E-state index < -0.39 is 53.5 Å². The van der Waals surface area contributed by atoms with Crippen molar-refractivity contribution in [3.8, 4) is 21.2 Å². The predicted octanol–water partition coefficient (Wildman–Crippen LogP) is 8.94. The third-order valence-electron chi connectivity index (χ3n) is 13.4. The Morgan fingerprint density at radius 3 is 2.37 bits per heavy atom. The second-order valence-electron chi connectivity index (χ2n) is 19.9. The topological polar surface area (TPSA) is 206 Å². The monoisotopic (exact) mass is 1040 g/mol. The van der Waals surface area contributed by atoms with Crippen molar-refractivity contribution in [3.63, 3.8) is 0 Å². The number of carbonyl (C=O) groups excluding carboxylic acids is 4. The molecule has 380 valence electrons. The molecule has 19 heteroatoms. The summed E-state index contributed by atoms with van der Waals surface area (Å²) in [4.78, 5) is 68.9. The number of β-amino-alcohol motifs (C(OH)–C–C–N with tert-alkyl or cyclic N) is 1. The van der Waals surface area contributed by atoms with E-state index in [1.807, 2.05) is 107 Å². The van der Waals surface area contributed by atoms with Crippen molar-refractivity contribution < 1.29 is 33.4 Å². The number of nitrogens with zero attached hydrogens (tertiary/aromatic N) is 6. The Kier molecular flexibility index (Phi) is 14.5. The highest BCUT2D eigenvalue weighted by Gasteiger charge is 2.45. The number of nitrogens with one attached hydrogen (secondary N) is 3. The molecule has 73 heavy (non-hydrogen) atoms. The van der Waals surface area contributed by atoms with E-state index in [9.17, 15) is 24.3 Å². The molecular weight excluding hydrogens is 986 g/mol. The SMILES string of the molecule is Cc1ncsc1-c1ccc([C@H](C)NC(=O)[C@@H]2C[C@@H](O)CN2C(=O)C(NC(=O)c2cc3ccc(O[C@H](C)CNC(=O)C[C@@H]4N=C(c5ccc(Cl)cc5)c5c(sc(C)c5C)-n5c(C)nnc54)cc3o2)C(C)(C)C)cc1. The van der Waals surface area contributed by atoms with Crippen LogP contribution in [0.5, 0.6) is 5.75 Å². The Balaban J connectivity index is 0.828. The first-order chi connectivity index (χ1) is 34.7. The Labute approximate surface area is 436 Å². The first-order valence-electron chi connectivity index (χ1n) is 24.2. The number of benzene rings is 3. The van der Waals surface area contributed by atoms with Crippen molar-refractivity contribution in [1.29, 1.82) is 0 Å². The highest BCUT2D eigenvalue weighted by molar-refractivity contribution is 7.15. The fraction of sp³-hybridized carbons (Fsp3) is 0.370. The number of ether oxygens (including phenoxy) is 1. The number of thiazole rings is 1. The number of aliphatic imine (C=N–C) groups is 1. The first-order valence-corrected chi connectivity index (χ1v) is 26.2. The molecule has 0 aliphatic carbocycles. The average Bonchev–Trinajstić information content (AvgIpc) is 4.19. The number of aliphatic hydroxyl groups excluding tert-OH is 1. The Morgan fingerprint density at radius 2 is 1.67 bits per heavy atom. The molecule has 6 heterocycles. The second kappa shape index (κ2) is 20.6. The van der Waals surface area contributed by atoms with Crippen LogP contribution in [0, 0.1) is 33.1 Å². The smallest absolute Gasteiger partial charge is 0.287 e. The van der Waals surface area contributed by atoms with Gasteiger partial charge in [-0.2, -0.15) is 0 Å². The molecule has 1 unspecified atom stereocenters. The fourth-order valence-corrected chi connectivity index (χ4v) is 11.5. The molecule has 4 aromatic heterocycles. The molecule has 0 spiro atoms. The number of likely N-dealkylation sites (tertiary alicyclic amines) is 1. The molecule has 1 fully saturated rings. The molecule has 0 bridgehead atoms. The number of aryl methyl sites for hydroxylation is 3. The number of halogens is 1. The van der Waals surface area contributed by atoms with E-state index in [-0.39, 0.29) is 43.6 Å². The summed E-state index contributed by atoms with van der Waals surface area (Å²) in [5, 5.41) is 30.8. The minimum atomic E-state index is -1.08. The Morgan fingerprint density at radius 1 is 0.945 bits per heavy atom. The minimum Gasteiger partial charge on any atom is -0.489 e. The third-order valence-corrected chi connectivity index (χ3v) is 15.8. The van der Waals surface area contributed by atoms with Crippen LogP contribution in [0.3, 0.4) is 0 Å². The molecule has 7 aromatic rings. The van der Waals surface area contributed by atoms with E-state index in [1.54, 1.807) is 46.9 Å². The maximum atomic E-state index is 14.4. The van der Waals surface area contributed by atoms with Gasteiger partial charge in [0.05, 0.1) is 46.9 Å². The summed E-state index contributed by atoms with van der Waals surface area (Å²) < 4.78 is 14.3. The van der Waals surface area contributed by atoms with Crippen molar-refractivity contribution in [2.45, 2.75) is 112 Å². The molecule has 6 atom stereocenters. The standard InChI is InChI=1S/C54H58ClN9O7S2/c1-27(24-56-44(66)23-40-49-62-61-32(6)64(49)53-45(28(2)31(5)73-53)46(59-40)34-14-17-37(55)18-15-34)70-39-19-16-36-20-43(71-42(36)22-39)51(68)60-48(54(7,8)9)52(69)63-25-38(65)21-41(63)50(67)58-29(3)33-10-12-35(13-11-33)47-30(4)57-26-72-47/h10-20,22,26-27,29,38,40-41,48,65H,21,23-25H2,1-9H3,(H,56,66)(H,58,67)(H,60,68)/t27-,29+,38-,40+,41+,48?/m1/s1. The first kappa shape index (κ1) is 51.2. The number of furan rings is 1. The minimum absolute atomic E-state index is 0.0137. The van der Waals surface area contributed by atoms with Gasteiger partial charge in [0.2, 0.25) is 17.7 Å². The molecule has 2 aliphatic rings. The van der Waals surface area contributed by atoms with Gasteiger partial charge in [0.15, 0.2) is 11.6 Å². The van der Waals surface area contributed by atoms with E-state index >= 15 is 0 Å². The number of aliphatic hydroxyl groups is 1. The number of hydrogen-bond acceptors (Lipinski definition) is 13. The number of thiophene rings is 1. The molecule has 9 rings (SSSR count). The van der Waals surface area contributed by atoms with Crippen LogP contribution >= 0.6 is 34.3 Å². The van der Waals surface area contributed by atoms with Crippen LogP contribution in [0.1, 0.15) is 115 Å². The zero-order valence-electron chi connectivity index (χ0n) is 42.1. The van der Waals surface area contributed by atoms with Crippen molar-refractivity contribution >= 4 is 74.6 Å². The summed E-state index contributed by atoms with van der Waals surface area (Å²) in [7, 11) is 0. The van der Waals surface area contributed by atoms with Crippen molar-refractivity contribution in [1.82, 2.24) is 40.6 Å². The third kappa shape index (κ3) is 10.7. The van der Waals surface area contributed by atoms with Crippen LogP contribution in [-0.4, -0.2) is 96.5 Å². The Bertz CT molecular complexity index is 3260. The molecule has 3 aromatic carbocycles. The number of aromatic nitrogens is 4. The van der Waals surface area contributed by atoms with Gasteiger partial charge in [-0.25, -0.2) is 4.98 Å². The quantitative estimate of drug-likeness (QED) is 0.0814. The molecule has 4 amide bonds. The number of amides is 4. The van der Waals surface area contributed by atoms with E-state index in [4.69, 9.17) is 25.7 Å². The average molecular weight is 1040 g/mol. The lowest BCUT2D eigenvalue weighted by molar-refractivity contribution is -0.142. The van der Waals surface area contributed by atoms with Gasteiger partial charge in [-0.15, -0.1) is 32.9 Å². The van der Waals surface area contributed by atoms with Crippen molar-refractivity contribution in [3.05, 3.63) is 134 Å². The number of fused-ring (bicyclic) bond motifs is 4. The number of carbonyl (C=O) groups is 4. The van der Waals surface area contributed by atoms with E-state index in [0.717, 1.165) is 54.0 Å². The Hall–Kier alpha value is -6.73. The van der Waals surface area contributed by atoms with Gasteiger partial charge in [-0.1, -0.05) is 68.8 Å². The van der Waals surface area contributed by atoms with Gasteiger partial charge in [0.1, 0.15) is 46.4 Å². The highest BCUT2D eigenvalue weighted by Crippen LogP contribution is 2.40. The van der Waals surface area contributed by atoms with Crippen LogP contribution < -0.4 is 20.7 Å². The van der Waals surface area contributed by atoms with Crippen LogP contribution in [0.25, 0.3) is 26.4 Å². The van der Waals surface area contributed by atoms with Gasteiger partial charge >= 0.3 is 0 Å². The lowest BCUT2D eigenvalue weighted by Crippen LogP contribution is -2.57. The van der Waals surface area contributed by atoms with Gasteiger partial charge in [-0.3, -0.25) is 28.7 Å². The molecule has 1 saturated heterocycles. The predicted molar refractivity (Wildman–Crippen MR) is 283 cm³/mol. The fourth-order valence-electron chi connectivity index (χ4n) is 9.33. The molecule has 0 radical (unpaired) electrons. The van der Waals surface area contributed by atoms with Crippen LogP contribution in [-0.2, 0) is 14.4 Å². The van der Waals surface area contributed by atoms with Gasteiger partial charge < -0.3 is 35.1 Å². The number of hydrogen-bond donors (Lipinski definition) is 4. The van der Waals surface area contributed by atoms with Gasteiger partial charge in [-0.05, 0) is 94.0 Å². The molecule has 16 nitrogen and oxygen atoms in total. The summed E-state index contributed by atoms with van der Waals surface area (Å²) >= 11 is 9.48. The zero-order valence-corrected chi connectivity index (χ0v) is 44.5. The molecule has 2 aliphatic heterocycles. The molecule has 4 N–H and O–H groups in total. The summed E-state index contributed by atoms with van der Waals surface area (Å²) in [5.41, 5.74) is 7.98. The largest absolute Gasteiger partial charge is 0.489 e. The van der Waals surface area contributed by atoms with Crippen molar-refractivity contribution in [2.75, 3.05) is 13.1 Å². The normalized spacial score (nSPS) is 17.8.